The lowest BCUT2D eigenvalue weighted by Gasteiger charge is -2.22. The summed E-state index contributed by atoms with van der Waals surface area (Å²) in [6.07, 6.45) is 2.79. The van der Waals surface area contributed by atoms with E-state index in [1.807, 2.05) is 0 Å². The largest absolute Gasteiger partial charge is 0.356 e. The number of aromatic amines is 1. The number of carbonyl (C=O) groups is 1. The van der Waals surface area contributed by atoms with Gasteiger partial charge in [-0.25, -0.2) is 0 Å². The predicted octanol–water partition coefficient (Wildman–Crippen LogP) is 2.94. The summed E-state index contributed by atoms with van der Waals surface area (Å²) in [5, 5.41) is 2.91. The van der Waals surface area contributed by atoms with Crippen molar-refractivity contribution in [1.82, 2.24) is 10.3 Å². The van der Waals surface area contributed by atoms with Crippen molar-refractivity contribution in [3.63, 3.8) is 0 Å². The molecule has 0 aromatic carbocycles. The smallest absolute Gasteiger partial charge is 0.267 e. The standard InChI is InChI=1S/C11H17BrN2O/c1-4-11(2,3)7-14-10(15)9-5-8(12)6-13-9/h5-6,13H,4,7H2,1-3H3,(H,14,15). The predicted molar refractivity (Wildman–Crippen MR) is 64.9 cm³/mol. The van der Waals surface area contributed by atoms with E-state index in [2.05, 4.69) is 47.0 Å². The van der Waals surface area contributed by atoms with E-state index < -0.39 is 0 Å². The third-order valence-corrected chi connectivity index (χ3v) is 3.03. The van der Waals surface area contributed by atoms with E-state index >= 15 is 0 Å². The van der Waals surface area contributed by atoms with Crippen LogP contribution in [0, 0.1) is 5.41 Å². The molecule has 0 atom stereocenters. The number of amides is 1. The highest BCUT2D eigenvalue weighted by Crippen LogP contribution is 2.18. The van der Waals surface area contributed by atoms with Crippen LogP contribution in [-0.4, -0.2) is 17.4 Å². The maximum absolute atomic E-state index is 11.7. The molecular formula is C11H17BrN2O. The molecule has 0 aliphatic carbocycles. The highest BCUT2D eigenvalue weighted by molar-refractivity contribution is 9.10. The summed E-state index contributed by atoms with van der Waals surface area (Å²) in [4.78, 5) is 14.6. The summed E-state index contributed by atoms with van der Waals surface area (Å²) in [7, 11) is 0. The van der Waals surface area contributed by atoms with E-state index in [-0.39, 0.29) is 11.3 Å². The van der Waals surface area contributed by atoms with Crippen molar-refractivity contribution in [3.05, 3.63) is 22.4 Å². The van der Waals surface area contributed by atoms with Gasteiger partial charge in [0.1, 0.15) is 5.69 Å². The van der Waals surface area contributed by atoms with Crippen LogP contribution in [0.15, 0.2) is 16.7 Å². The van der Waals surface area contributed by atoms with Gasteiger partial charge in [0.15, 0.2) is 0 Å². The first-order valence-corrected chi connectivity index (χ1v) is 5.86. The van der Waals surface area contributed by atoms with Crippen LogP contribution in [-0.2, 0) is 0 Å². The molecule has 0 saturated carbocycles. The van der Waals surface area contributed by atoms with Crippen molar-refractivity contribution >= 4 is 21.8 Å². The first-order valence-electron chi connectivity index (χ1n) is 5.07. The topological polar surface area (TPSA) is 44.9 Å². The number of rotatable bonds is 4. The Bertz CT molecular complexity index is 344. The maximum atomic E-state index is 11.7. The van der Waals surface area contributed by atoms with Gasteiger partial charge in [0.25, 0.3) is 5.91 Å². The zero-order valence-corrected chi connectivity index (χ0v) is 10.9. The molecule has 1 heterocycles. The van der Waals surface area contributed by atoms with Gasteiger partial charge in [-0.3, -0.25) is 4.79 Å². The minimum absolute atomic E-state index is 0.0535. The molecule has 3 nitrogen and oxygen atoms in total. The lowest BCUT2D eigenvalue weighted by atomic mass is 9.90. The Kier molecular flexibility index (Phi) is 3.97. The monoisotopic (exact) mass is 272 g/mol. The van der Waals surface area contributed by atoms with Crippen molar-refractivity contribution in [2.24, 2.45) is 5.41 Å². The molecule has 15 heavy (non-hydrogen) atoms. The first-order chi connectivity index (χ1) is 6.94. The lowest BCUT2D eigenvalue weighted by molar-refractivity contribution is 0.0931. The second-order valence-electron chi connectivity index (χ2n) is 4.43. The minimum Gasteiger partial charge on any atom is -0.356 e. The van der Waals surface area contributed by atoms with Gasteiger partial charge < -0.3 is 10.3 Å². The molecule has 4 heteroatoms. The Hall–Kier alpha value is -0.770. The Morgan fingerprint density at radius 2 is 2.27 bits per heavy atom. The average molecular weight is 273 g/mol. The summed E-state index contributed by atoms with van der Waals surface area (Å²) in [6, 6.07) is 1.77. The normalized spacial score (nSPS) is 11.5. The van der Waals surface area contributed by atoms with Gasteiger partial charge in [0, 0.05) is 17.2 Å². The molecule has 0 aliphatic heterocycles. The molecule has 0 saturated heterocycles. The fraction of sp³-hybridized carbons (Fsp3) is 0.545. The van der Waals surface area contributed by atoms with E-state index in [1.54, 1.807) is 12.3 Å². The number of hydrogen-bond donors (Lipinski definition) is 2. The highest BCUT2D eigenvalue weighted by atomic mass is 79.9. The van der Waals surface area contributed by atoms with Gasteiger partial charge >= 0.3 is 0 Å². The summed E-state index contributed by atoms with van der Waals surface area (Å²) < 4.78 is 0.891. The van der Waals surface area contributed by atoms with E-state index in [1.165, 1.54) is 0 Å². The van der Waals surface area contributed by atoms with Gasteiger partial charge in [0.2, 0.25) is 0 Å². The molecule has 1 amide bonds. The third kappa shape index (κ3) is 3.70. The van der Waals surface area contributed by atoms with Crippen LogP contribution in [0.1, 0.15) is 37.7 Å². The number of halogens is 1. The quantitative estimate of drug-likeness (QED) is 0.870. The van der Waals surface area contributed by atoms with Crippen LogP contribution in [0.3, 0.4) is 0 Å². The molecule has 0 aliphatic rings. The fourth-order valence-electron chi connectivity index (χ4n) is 1.04. The van der Waals surface area contributed by atoms with Crippen LogP contribution < -0.4 is 5.32 Å². The van der Waals surface area contributed by atoms with Gasteiger partial charge in [-0.15, -0.1) is 0 Å². The average Bonchev–Trinajstić information content (AvgIpc) is 2.61. The molecule has 1 aromatic heterocycles. The first kappa shape index (κ1) is 12.3. The summed E-state index contributed by atoms with van der Waals surface area (Å²) >= 11 is 3.29. The number of H-pyrrole nitrogens is 1. The Labute approximate surface area is 98.8 Å². The van der Waals surface area contributed by atoms with Crippen LogP contribution in [0.25, 0.3) is 0 Å². The van der Waals surface area contributed by atoms with Crippen LogP contribution in [0.4, 0.5) is 0 Å². The van der Waals surface area contributed by atoms with Crippen molar-refractivity contribution in [1.29, 1.82) is 0 Å². The van der Waals surface area contributed by atoms with E-state index in [0.717, 1.165) is 10.9 Å². The molecule has 84 valence electrons. The molecule has 0 unspecified atom stereocenters. The van der Waals surface area contributed by atoms with Crippen LogP contribution >= 0.6 is 15.9 Å². The molecule has 0 spiro atoms. The molecule has 0 fully saturated rings. The van der Waals surface area contributed by atoms with Crippen molar-refractivity contribution in [2.45, 2.75) is 27.2 Å². The number of nitrogens with one attached hydrogen (secondary N) is 2. The third-order valence-electron chi connectivity index (χ3n) is 2.58. The second kappa shape index (κ2) is 4.84. The number of carbonyl (C=O) groups excluding carboxylic acids is 1. The zero-order chi connectivity index (χ0) is 11.5. The van der Waals surface area contributed by atoms with Crippen LogP contribution in [0.5, 0.6) is 0 Å². The molecule has 1 rings (SSSR count). The molecule has 0 bridgehead atoms. The van der Waals surface area contributed by atoms with Gasteiger partial charge in [-0.2, -0.15) is 0 Å². The van der Waals surface area contributed by atoms with E-state index in [4.69, 9.17) is 0 Å². The fourth-order valence-corrected chi connectivity index (χ4v) is 1.38. The van der Waals surface area contributed by atoms with E-state index in [9.17, 15) is 4.79 Å². The van der Waals surface area contributed by atoms with Gasteiger partial charge in [-0.1, -0.05) is 20.8 Å². The zero-order valence-electron chi connectivity index (χ0n) is 9.36. The molecule has 0 radical (unpaired) electrons. The molecular weight excluding hydrogens is 256 g/mol. The highest BCUT2D eigenvalue weighted by Gasteiger charge is 2.17. The number of hydrogen-bond acceptors (Lipinski definition) is 1. The molecule has 1 aromatic rings. The second-order valence-corrected chi connectivity index (χ2v) is 5.35. The number of aromatic nitrogens is 1. The minimum atomic E-state index is -0.0535. The van der Waals surface area contributed by atoms with Gasteiger partial charge in [0.05, 0.1) is 0 Å². The lowest BCUT2D eigenvalue weighted by Crippen LogP contribution is -2.33. The van der Waals surface area contributed by atoms with Crippen molar-refractivity contribution in [2.75, 3.05) is 6.54 Å². The SMILES string of the molecule is CCC(C)(C)CNC(=O)c1cc(Br)c[nH]1. The van der Waals surface area contributed by atoms with Crippen molar-refractivity contribution < 1.29 is 4.79 Å². The Balaban J connectivity index is 2.50. The van der Waals surface area contributed by atoms with E-state index in [0.29, 0.717) is 12.2 Å². The summed E-state index contributed by atoms with van der Waals surface area (Å²) in [6.45, 7) is 7.09. The maximum Gasteiger partial charge on any atom is 0.267 e. The van der Waals surface area contributed by atoms with Gasteiger partial charge in [-0.05, 0) is 33.8 Å². The van der Waals surface area contributed by atoms with Crippen LogP contribution in [0.2, 0.25) is 0 Å². The summed E-state index contributed by atoms with van der Waals surface area (Å²) in [5.74, 6) is -0.0535. The summed E-state index contributed by atoms with van der Waals surface area (Å²) in [5.41, 5.74) is 0.744. The Morgan fingerprint density at radius 1 is 1.60 bits per heavy atom. The molecule has 2 N–H and O–H groups in total. The Morgan fingerprint density at radius 3 is 2.73 bits per heavy atom. The van der Waals surface area contributed by atoms with Crippen molar-refractivity contribution in [3.8, 4) is 0 Å².